The van der Waals surface area contributed by atoms with Crippen LogP contribution in [0.2, 0.25) is 0 Å². The molecule has 24 heavy (non-hydrogen) atoms. The molecule has 0 aliphatic heterocycles. The lowest BCUT2D eigenvalue weighted by Crippen LogP contribution is -2.23. The SMILES string of the molecule is CCC1(CC[C@H](C)CN)CCCCCCCCCCCCCCC1. The topological polar surface area (TPSA) is 26.0 Å². The minimum Gasteiger partial charge on any atom is -0.330 e. The van der Waals surface area contributed by atoms with Gasteiger partial charge in [0.2, 0.25) is 0 Å². The Morgan fingerprint density at radius 1 is 0.708 bits per heavy atom. The molecule has 1 nitrogen and oxygen atoms in total. The Morgan fingerprint density at radius 3 is 1.42 bits per heavy atom. The normalized spacial score (nSPS) is 23.6. The fourth-order valence-corrected chi connectivity index (χ4v) is 4.52. The molecule has 0 aromatic rings. The Kier molecular flexibility index (Phi) is 13.0. The number of nitrogens with two attached hydrogens (primary N) is 1. The van der Waals surface area contributed by atoms with Crippen molar-refractivity contribution in [3.05, 3.63) is 0 Å². The van der Waals surface area contributed by atoms with Crippen LogP contribution in [0, 0.1) is 11.3 Å². The first-order chi connectivity index (χ1) is 11.7. The third kappa shape index (κ3) is 10.1. The van der Waals surface area contributed by atoms with E-state index in [1.165, 1.54) is 116 Å². The lowest BCUT2D eigenvalue weighted by Gasteiger charge is -2.34. The van der Waals surface area contributed by atoms with Crippen molar-refractivity contribution in [1.29, 1.82) is 0 Å². The Morgan fingerprint density at radius 2 is 1.08 bits per heavy atom. The van der Waals surface area contributed by atoms with Gasteiger partial charge < -0.3 is 5.73 Å². The van der Waals surface area contributed by atoms with E-state index in [-0.39, 0.29) is 0 Å². The van der Waals surface area contributed by atoms with E-state index in [4.69, 9.17) is 5.73 Å². The van der Waals surface area contributed by atoms with Crippen molar-refractivity contribution in [2.24, 2.45) is 17.1 Å². The minimum atomic E-state index is 0.625. The first-order valence-corrected chi connectivity index (χ1v) is 11.4. The lowest BCUT2D eigenvalue weighted by atomic mass is 9.71. The maximum absolute atomic E-state index is 5.87. The number of hydrogen-bond acceptors (Lipinski definition) is 1. The average molecular weight is 338 g/mol. The van der Waals surface area contributed by atoms with Crippen LogP contribution in [0.15, 0.2) is 0 Å². The van der Waals surface area contributed by atoms with Gasteiger partial charge in [-0.3, -0.25) is 0 Å². The highest BCUT2D eigenvalue weighted by Crippen LogP contribution is 2.40. The molecule has 1 atom stereocenters. The van der Waals surface area contributed by atoms with Gasteiger partial charge in [0.1, 0.15) is 0 Å². The first kappa shape index (κ1) is 22.0. The van der Waals surface area contributed by atoms with Gasteiger partial charge in [-0.05, 0) is 43.6 Å². The van der Waals surface area contributed by atoms with Crippen molar-refractivity contribution in [3.8, 4) is 0 Å². The molecule has 0 saturated heterocycles. The lowest BCUT2D eigenvalue weighted by molar-refractivity contribution is 0.178. The molecule has 0 radical (unpaired) electrons. The van der Waals surface area contributed by atoms with Crippen molar-refractivity contribution in [3.63, 3.8) is 0 Å². The molecule has 1 rings (SSSR count). The van der Waals surface area contributed by atoms with Crippen molar-refractivity contribution < 1.29 is 0 Å². The molecule has 0 amide bonds. The maximum atomic E-state index is 5.87. The summed E-state index contributed by atoms with van der Waals surface area (Å²) in [6.07, 6.45) is 26.2. The van der Waals surface area contributed by atoms with Crippen LogP contribution >= 0.6 is 0 Å². The van der Waals surface area contributed by atoms with E-state index in [0.29, 0.717) is 11.3 Å². The zero-order valence-corrected chi connectivity index (χ0v) is 17.1. The summed E-state index contributed by atoms with van der Waals surface area (Å²) < 4.78 is 0. The fourth-order valence-electron chi connectivity index (χ4n) is 4.52. The van der Waals surface area contributed by atoms with Crippen molar-refractivity contribution in [1.82, 2.24) is 0 Å². The van der Waals surface area contributed by atoms with E-state index in [1.54, 1.807) is 0 Å². The average Bonchev–Trinajstić information content (AvgIpc) is 2.60. The standard InChI is InChI=1S/C23H47N/c1-3-23(20-17-22(2)21-24)18-15-13-11-9-7-5-4-6-8-10-12-14-16-19-23/h22H,3-21,24H2,1-2H3/t22-/m0/s1. The second-order valence-corrected chi connectivity index (χ2v) is 8.83. The molecule has 2 N–H and O–H groups in total. The van der Waals surface area contributed by atoms with Gasteiger partial charge in [0.15, 0.2) is 0 Å². The van der Waals surface area contributed by atoms with Crippen LogP contribution in [0.1, 0.15) is 129 Å². The molecule has 144 valence electrons. The number of rotatable bonds is 5. The highest BCUT2D eigenvalue weighted by Gasteiger charge is 2.27. The molecule has 0 aromatic carbocycles. The fraction of sp³-hybridized carbons (Fsp3) is 1.00. The zero-order chi connectivity index (χ0) is 17.5. The summed E-state index contributed by atoms with van der Waals surface area (Å²) in [4.78, 5) is 0. The zero-order valence-electron chi connectivity index (χ0n) is 17.1. The summed E-state index contributed by atoms with van der Waals surface area (Å²) in [5.74, 6) is 0.703. The van der Waals surface area contributed by atoms with Gasteiger partial charge in [-0.1, -0.05) is 104 Å². The van der Waals surface area contributed by atoms with Gasteiger partial charge in [0.05, 0.1) is 0 Å². The minimum absolute atomic E-state index is 0.625. The van der Waals surface area contributed by atoms with Crippen molar-refractivity contribution in [2.75, 3.05) is 6.54 Å². The molecule has 1 fully saturated rings. The van der Waals surface area contributed by atoms with E-state index in [9.17, 15) is 0 Å². The molecule has 0 aromatic heterocycles. The molecule has 1 aliphatic rings. The summed E-state index contributed by atoms with van der Waals surface area (Å²) in [6, 6.07) is 0. The number of hydrogen-bond donors (Lipinski definition) is 1. The molecular formula is C23H47N. The molecule has 1 heteroatoms. The summed E-state index contributed by atoms with van der Waals surface area (Å²) in [7, 11) is 0. The van der Waals surface area contributed by atoms with Gasteiger partial charge in [-0.2, -0.15) is 0 Å². The Labute approximate surface area is 153 Å². The molecule has 1 aliphatic carbocycles. The Balaban J connectivity index is 2.49. The van der Waals surface area contributed by atoms with Gasteiger partial charge >= 0.3 is 0 Å². The second kappa shape index (κ2) is 14.2. The second-order valence-electron chi connectivity index (χ2n) is 8.83. The molecular weight excluding hydrogens is 290 g/mol. The van der Waals surface area contributed by atoms with Crippen LogP contribution in [0.4, 0.5) is 0 Å². The van der Waals surface area contributed by atoms with Crippen LogP contribution in [0.3, 0.4) is 0 Å². The third-order valence-corrected chi connectivity index (χ3v) is 6.73. The van der Waals surface area contributed by atoms with Gasteiger partial charge in [0, 0.05) is 0 Å². The van der Waals surface area contributed by atoms with Crippen LogP contribution in [0.25, 0.3) is 0 Å². The van der Waals surface area contributed by atoms with E-state index in [1.807, 2.05) is 0 Å². The molecule has 1 saturated carbocycles. The maximum Gasteiger partial charge on any atom is -0.00515 e. The summed E-state index contributed by atoms with van der Waals surface area (Å²) in [5.41, 5.74) is 6.50. The monoisotopic (exact) mass is 337 g/mol. The quantitative estimate of drug-likeness (QED) is 0.548. The third-order valence-electron chi connectivity index (χ3n) is 6.73. The summed E-state index contributed by atoms with van der Waals surface area (Å²) in [6.45, 7) is 5.64. The van der Waals surface area contributed by atoms with E-state index in [2.05, 4.69) is 13.8 Å². The highest BCUT2D eigenvalue weighted by atomic mass is 14.5. The van der Waals surface area contributed by atoms with Gasteiger partial charge in [-0.15, -0.1) is 0 Å². The summed E-state index contributed by atoms with van der Waals surface area (Å²) >= 11 is 0. The predicted molar refractivity (Wildman–Crippen MR) is 109 cm³/mol. The van der Waals surface area contributed by atoms with Gasteiger partial charge in [0.25, 0.3) is 0 Å². The predicted octanol–water partition coefficient (Wildman–Crippen LogP) is 7.62. The molecule has 0 heterocycles. The van der Waals surface area contributed by atoms with Gasteiger partial charge in [-0.25, -0.2) is 0 Å². The van der Waals surface area contributed by atoms with E-state index >= 15 is 0 Å². The van der Waals surface area contributed by atoms with Crippen LogP contribution in [0.5, 0.6) is 0 Å². The van der Waals surface area contributed by atoms with Crippen LogP contribution < -0.4 is 5.73 Å². The largest absolute Gasteiger partial charge is 0.330 e. The van der Waals surface area contributed by atoms with Crippen molar-refractivity contribution >= 4 is 0 Å². The first-order valence-electron chi connectivity index (χ1n) is 11.4. The Hall–Kier alpha value is -0.0400. The molecule has 0 bridgehead atoms. The van der Waals surface area contributed by atoms with Crippen molar-refractivity contribution in [2.45, 2.75) is 129 Å². The van der Waals surface area contributed by atoms with Crippen LogP contribution in [-0.4, -0.2) is 6.54 Å². The smallest absolute Gasteiger partial charge is 0.00515 e. The van der Waals surface area contributed by atoms with E-state index in [0.717, 1.165) is 6.54 Å². The molecule has 0 spiro atoms. The Bertz CT molecular complexity index is 257. The van der Waals surface area contributed by atoms with E-state index < -0.39 is 0 Å². The molecule has 0 unspecified atom stereocenters. The van der Waals surface area contributed by atoms with Crippen LogP contribution in [-0.2, 0) is 0 Å². The summed E-state index contributed by atoms with van der Waals surface area (Å²) in [5, 5.41) is 0. The highest BCUT2D eigenvalue weighted by molar-refractivity contribution is 4.79.